The first kappa shape index (κ1) is 18.9. The normalized spacial score (nSPS) is 15.7. The van der Waals surface area contributed by atoms with Crippen molar-refractivity contribution < 1.29 is 19.0 Å². The number of nitrogens with one attached hydrogen (secondary N) is 1. The number of anilines is 1. The number of hydrogen-bond donors (Lipinski definition) is 1. The Labute approximate surface area is 169 Å². The molecule has 1 N–H and O–H groups in total. The van der Waals surface area contributed by atoms with Crippen LogP contribution in [-0.4, -0.2) is 38.3 Å². The zero-order valence-electron chi connectivity index (χ0n) is 15.6. The van der Waals surface area contributed by atoms with Gasteiger partial charge in [0, 0.05) is 11.6 Å². The number of aromatic nitrogens is 2. The molecule has 2 aromatic carbocycles. The van der Waals surface area contributed by atoms with E-state index in [-0.39, 0.29) is 23.1 Å². The van der Waals surface area contributed by atoms with Gasteiger partial charge in [0.05, 0.1) is 10.6 Å². The van der Waals surface area contributed by atoms with Crippen molar-refractivity contribution in [3.63, 3.8) is 0 Å². The Bertz CT molecular complexity index is 1150. The van der Waals surface area contributed by atoms with Crippen molar-refractivity contribution in [3.8, 4) is 0 Å². The Morgan fingerprint density at radius 2 is 1.90 bits per heavy atom. The molecule has 0 radical (unpaired) electrons. The highest BCUT2D eigenvalue weighted by Crippen LogP contribution is 2.33. The summed E-state index contributed by atoms with van der Waals surface area (Å²) in [6, 6.07) is 11.7. The van der Waals surface area contributed by atoms with Crippen LogP contribution in [0.4, 0.5) is 10.5 Å². The van der Waals surface area contributed by atoms with Crippen LogP contribution in [0.2, 0.25) is 0 Å². The third-order valence-corrected chi connectivity index (χ3v) is 5.23. The molecule has 1 saturated heterocycles. The smallest absolute Gasteiger partial charge is 0.293 e. The second-order valence-corrected chi connectivity index (χ2v) is 7.65. The minimum Gasteiger partial charge on any atom is -0.320 e. The lowest BCUT2D eigenvalue weighted by molar-refractivity contribution is -0.123. The highest BCUT2D eigenvalue weighted by atomic mass is 32.2. The van der Waals surface area contributed by atoms with Gasteiger partial charge in [0.1, 0.15) is 5.52 Å². The van der Waals surface area contributed by atoms with Crippen LogP contribution in [0.1, 0.15) is 29.8 Å². The van der Waals surface area contributed by atoms with Gasteiger partial charge in [-0.05, 0) is 71.8 Å². The highest BCUT2D eigenvalue weighted by Gasteiger charge is 2.36. The lowest BCUT2D eigenvalue weighted by Gasteiger charge is -2.16. The Morgan fingerprint density at radius 3 is 2.59 bits per heavy atom. The number of benzene rings is 2. The van der Waals surface area contributed by atoms with E-state index in [0.717, 1.165) is 17.3 Å². The molecule has 0 bridgehead atoms. The van der Waals surface area contributed by atoms with Crippen LogP contribution in [0, 0.1) is 0 Å². The van der Waals surface area contributed by atoms with Crippen LogP contribution in [-0.2, 0) is 4.79 Å². The van der Waals surface area contributed by atoms with Crippen LogP contribution in [0.15, 0.2) is 52.0 Å². The van der Waals surface area contributed by atoms with E-state index >= 15 is 0 Å². The van der Waals surface area contributed by atoms with Crippen molar-refractivity contribution in [2.75, 3.05) is 5.32 Å². The van der Waals surface area contributed by atoms with Gasteiger partial charge in [0.2, 0.25) is 0 Å². The second kappa shape index (κ2) is 7.51. The van der Waals surface area contributed by atoms with Crippen molar-refractivity contribution in [1.82, 2.24) is 15.2 Å². The van der Waals surface area contributed by atoms with E-state index < -0.39 is 0 Å². The molecular formula is C20H16N4O4S. The number of nitrogens with zero attached hydrogens (tertiary/aromatic N) is 3. The summed E-state index contributed by atoms with van der Waals surface area (Å²) in [5, 5.41) is 10.1. The van der Waals surface area contributed by atoms with E-state index in [1.54, 1.807) is 62.4 Å². The average molecular weight is 408 g/mol. The fraction of sp³-hybridized carbons (Fsp3) is 0.150. The molecule has 0 unspecified atom stereocenters. The lowest BCUT2D eigenvalue weighted by Crippen LogP contribution is -2.34. The summed E-state index contributed by atoms with van der Waals surface area (Å²) >= 11 is 0.917. The zero-order valence-corrected chi connectivity index (χ0v) is 16.4. The summed E-state index contributed by atoms with van der Waals surface area (Å²) in [5.41, 5.74) is 2.68. The number of thioether (sulfide) groups is 1. The molecule has 9 heteroatoms. The number of hydrogen-bond acceptors (Lipinski definition) is 7. The third-order valence-electron chi connectivity index (χ3n) is 4.34. The van der Waals surface area contributed by atoms with Gasteiger partial charge >= 0.3 is 0 Å². The molecule has 1 aliphatic heterocycles. The standard InChI is InChI=1S/C20H16N4O4S/c1-11(2)24-19(26)16(29-20(24)27)10-12-6-8-13(9-7-12)18(25)21-14-4-3-5-15-17(14)23-28-22-15/h3-11H,1-2H3,(H,21,25). The predicted octanol–water partition coefficient (Wildman–Crippen LogP) is 3.92. The maximum absolute atomic E-state index is 12.5. The van der Waals surface area contributed by atoms with Gasteiger partial charge in [-0.1, -0.05) is 18.2 Å². The molecule has 4 rings (SSSR count). The Balaban J connectivity index is 1.51. The second-order valence-electron chi connectivity index (χ2n) is 6.66. The zero-order chi connectivity index (χ0) is 20.5. The molecule has 29 heavy (non-hydrogen) atoms. The topological polar surface area (TPSA) is 105 Å². The molecule has 1 aromatic heterocycles. The maximum Gasteiger partial charge on any atom is 0.293 e. The first-order valence-corrected chi connectivity index (χ1v) is 9.65. The van der Waals surface area contributed by atoms with E-state index in [2.05, 4.69) is 15.6 Å². The number of imide groups is 1. The summed E-state index contributed by atoms with van der Waals surface area (Å²) in [6.45, 7) is 3.59. The molecule has 0 aliphatic carbocycles. The summed E-state index contributed by atoms with van der Waals surface area (Å²) in [4.78, 5) is 38.5. The predicted molar refractivity (Wildman–Crippen MR) is 109 cm³/mol. The number of carbonyl (C=O) groups is 3. The van der Waals surface area contributed by atoms with Crippen molar-refractivity contribution in [1.29, 1.82) is 0 Å². The quantitative estimate of drug-likeness (QED) is 0.652. The minimum atomic E-state index is -0.313. The Morgan fingerprint density at radius 1 is 1.14 bits per heavy atom. The molecule has 2 heterocycles. The number of fused-ring (bicyclic) bond motifs is 1. The third kappa shape index (κ3) is 3.64. The van der Waals surface area contributed by atoms with Gasteiger partial charge < -0.3 is 5.32 Å². The average Bonchev–Trinajstić information content (AvgIpc) is 3.27. The van der Waals surface area contributed by atoms with Crippen molar-refractivity contribution >= 4 is 51.6 Å². The molecule has 146 valence electrons. The Kier molecular flexibility index (Phi) is 4.89. The molecule has 0 spiro atoms. The minimum absolute atomic E-state index is 0.191. The highest BCUT2D eigenvalue weighted by molar-refractivity contribution is 8.18. The molecule has 0 saturated carbocycles. The SMILES string of the molecule is CC(C)N1C(=O)SC(=Cc2ccc(C(=O)Nc3cccc4nonc34)cc2)C1=O. The van der Waals surface area contributed by atoms with Gasteiger partial charge in [-0.3, -0.25) is 19.3 Å². The van der Waals surface area contributed by atoms with Gasteiger partial charge in [-0.2, -0.15) is 0 Å². The number of carbonyl (C=O) groups excluding carboxylic acids is 3. The molecule has 8 nitrogen and oxygen atoms in total. The van der Waals surface area contributed by atoms with Gasteiger partial charge in [-0.25, -0.2) is 4.63 Å². The molecule has 1 aliphatic rings. The summed E-state index contributed by atoms with van der Waals surface area (Å²) in [6.07, 6.45) is 1.65. The van der Waals surface area contributed by atoms with Gasteiger partial charge in [0.15, 0.2) is 5.52 Å². The Hall–Kier alpha value is -3.46. The van der Waals surface area contributed by atoms with Gasteiger partial charge in [-0.15, -0.1) is 0 Å². The van der Waals surface area contributed by atoms with Crippen LogP contribution >= 0.6 is 11.8 Å². The van der Waals surface area contributed by atoms with Crippen LogP contribution in [0.25, 0.3) is 17.1 Å². The van der Waals surface area contributed by atoms with Crippen molar-refractivity contribution in [2.45, 2.75) is 19.9 Å². The van der Waals surface area contributed by atoms with Gasteiger partial charge in [0.25, 0.3) is 17.1 Å². The van der Waals surface area contributed by atoms with E-state index in [9.17, 15) is 14.4 Å². The van der Waals surface area contributed by atoms with E-state index in [1.165, 1.54) is 4.90 Å². The van der Waals surface area contributed by atoms with Crippen molar-refractivity contribution in [2.24, 2.45) is 0 Å². The van der Waals surface area contributed by atoms with Crippen LogP contribution < -0.4 is 5.32 Å². The van der Waals surface area contributed by atoms with Crippen molar-refractivity contribution in [3.05, 3.63) is 58.5 Å². The van der Waals surface area contributed by atoms with Crippen LogP contribution in [0.5, 0.6) is 0 Å². The molecule has 3 amide bonds. The lowest BCUT2D eigenvalue weighted by atomic mass is 10.1. The van der Waals surface area contributed by atoms with E-state index in [1.807, 2.05) is 0 Å². The fourth-order valence-corrected chi connectivity index (χ4v) is 3.87. The monoisotopic (exact) mass is 408 g/mol. The summed E-state index contributed by atoms with van der Waals surface area (Å²) in [5.74, 6) is -0.613. The largest absolute Gasteiger partial charge is 0.320 e. The first-order valence-electron chi connectivity index (χ1n) is 8.84. The summed E-state index contributed by atoms with van der Waals surface area (Å²) < 4.78 is 4.70. The first-order chi connectivity index (χ1) is 13.9. The summed E-state index contributed by atoms with van der Waals surface area (Å²) in [7, 11) is 0. The van der Waals surface area contributed by atoms with E-state index in [4.69, 9.17) is 4.63 Å². The molecule has 0 atom stereocenters. The van der Waals surface area contributed by atoms with Crippen LogP contribution in [0.3, 0.4) is 0 Å². The molecule has 3 aromatic rings. The fourth-order valence-electron chi connectivity index (χ4n) is 2.91. The molecule has 1 fully saturated rings. The number of amides is 3. The maximum atomic E-state index is 12.5. The number of rotatable bonds is 4. The molecular weight excluding hydrogens is 392 g/mol. The van der Waals surface area contributed by atoms with E-state index in [0.29, 0.717) is 27.2 Å².